The summed E-state index contributed by atoms with van der Waals surface area (Å²) in [6.45, 7) is 9.83. The van der Waals surface area contributed by atoms with Gasteiger partial charge in [-0.3, -0.25) is 9.69 Å². The Kier molecular flexibility index (Phi) is 6.37. The lowest BCUT2D eigenvalue weighted by Gasteiger charge is -2.36. The first-order valence-corrected chi connectivity index (χ1v) is 12.0. The van der Waals surface area contributed by atoms with Crippen molar-refractivity contribution < 1.29 is 0 Å². The molecule has 1 fully saturated rings. The Bertz CT molecular complexity index is 1320. The van der Waals surface area contributed by atoms with Gasteiger partial charge in [0.25, 0.3) is 5.56 Å². The Balaban J connectivity index is 1.18. The molecule has 34 heavy (non-hydrogen) atoms. The van der Waals surface area contributed by atoms with Crippen molar-refractivity contribution in [3.8, 4) is 0 Å². The first kappa shape index (κ1) is 22.2. The van der Waals surface area contributed by atoms with Crippen molar-refractivity contribution in [2.75, 3.05) is 36.4 Å². The summed E-state index contributed by atoms with van der Waals surface area (Å²) in [5.74, 6) is 0. The van der Waals surface area contributed by atoms with Crippen LogP contribution < -0.4 is 15.8 Å². The number of nitrogens with zero attached hydrogens (tertiary/aromatic N) is 2. The van der Waals surface area contributed by atoms with Crippen molar-refractivity contribution in [3.63, 3.8) is 0 Å². The number of benzene rings is 3. The van der Waals surface area contributed by atoms with Gasteiger partial charge in [0.1, 0.15) is 0 Å². The van der Waals surface area contributed by atoms with Gasteiger partial charge in [0, 0.05) is 56.2 Å². The third-order valence-corrected chi connectivity index (χ3v) is 6.71. The van der Waals surface area contributed by atoms with Crippen LogP contribution in [0.25, 0.3) is 10.9 Å². The molecule has 174 valence electrons. The number of aromatic amines is 1. The molecule has 5 rings (SSSR count). The van der Waals surface area contributed by atoms with E-state index in [1.165, 1.54) is 16.8 Å². The molecule has 5 nitrogen and oxygen atoms in total. The minimum absolute atomic E-state index is 0.0306. The molecule has 1 aliphatic heterocycles. The van der Waals surface area contributed by atoms with Crippen LogP contribution in [-0.2, 0) is 13.1 Å². The van der Waals surface area contributed by atoms with Crippen molar-refractivity contribution in [1.29, 1.82) is 0 Å². The maximum absolute atomic E-state index is 12.6. The first-order chi connectivity index (χ1) is 16.5. The van der Waals surface area contributed by atoms with Crippen molar-refractivity contribution in [3.05, 3.63) is 105 Å². The van der Waals surface area contributed by atoms with Gasteiger partial charge in [-0.05, 0) is 66.8 Å². The molecule has 2 heterocycles. The van der Waals surface area contributed by atoms with Crippen LogP contribution in [0.1, 0.15) is 22.3 Å². The molecule has 0 saturated carbocycles. The van der Waals surface area contributed by atoms with Gasteiger partial charge in [-0.25, -0.2) is 0 Å². The highest BCUT2D eigenvalue weighted by Crippen LogP contribution is 2.22. The summed E-state index contributed by atoms with van der Waals surface area (Å²) in [5.41, 5.74) is 7.59. The fourth-order valence-corrected chi connectivity index (χ4v) is 4.86. The number of fused-ring (bicyclic) bond motifs is 1. The summed E-state index contributed by atoms with van der Waals surface area (Å²) in [6.07, 6.45) is 0. The van der Waals surface area contributed by atoms with E-state index >= 15 is 0 Å². The largest absolute Gasteiger partial charge is 0.381 e. The molecule has 0 spiro atoms. The van der Waals surface area contributed by atoms with Gasteiger partial charge in [-0.2, -0.15) is 0 Å². The number of pyridine rings is 1. The third kappa shape index (κ3) is 5.00. The monoisotopic (exact) mass is 452 g/mol. The lowest BCUT2D eigenvalue weighted by Crippen LogP contribution is -2.45. The van der Waals surface area contributed by atoms with Crippen LogP contribution >= 0.6 is 0 Å². The average Bonchev–Trinajstić information content (AvgIpc) is 2.85. The van der Waals surface area contributed by atoms with Crippen LogP contribution in [0.15, 0.2) is 77.6 Å². The number of anilines is 2. The van der Waals surface area contributed by atoms with Gasteiger partial charge in [0.05, 0.1) is 5.52 Å². The van der Waals surface area contributed by atoms with Gasteiger partial charge in [-0.15, -0.1) is 0 Å². The van der Waals surface area contributed by atoms with Crippen LogP contribution in [0.4, 0.5) is 11.4 Å². The molecule has 0 radical (unpaired) electrons. The second-order valence-electron chi connectivity index (χ2n) is 9.32. The fraction of sp³-hybridized carbons (Fsp3) is 0.276. The maximum Gasteiger partial charge on any atom is 0.253 e. The third-order valence-electron chi connectivity index (χ3n) is 6.71. The smallest absolute Gasteiger partial charge is 0.253 e. The average molecular weight is 453 g/mol. The van der Waals surface area contributed by atoms with Gasteiger partial charge in [0.2, 0.25) is 0 Å². The van der Waals surface area contributed by atoms with Crippen molar-refractivity contribution in [2.24, 2.45) is 0 Å². The molecule has 1 aliphatic rings. The summed E-state index contributed by atoms with van der Waals surface area (Å²) in [4.78, 5) is 20.6. The highest BCUT2D eigenvalue weighted by atomic mass is 16.1. The lowest BCUT2D eigenvalue weighted by atomic mass is 10.1. The molecule has 1 saturated heterocycles. The molecular weight excluding hydrogens is 420 g/mol. The Hall–Kier alpha value is -3.57. The summed E-state index contributed by atoms with van der Waals surface area (Å²) >= 11 is 0. The SMILES string of the molecule is Cc1cc(C)c2[nH]c(=O)c(CNc3ccc(N4CCN(Cc5ccccc5)CC4)cc3)cc2c1. The van der Waals surface area contributed by atoms with Crippen molar-refractivity contribution in [1.82, 2.24) is 9.88 Å². The topological polar surface area (TPSA) is 51.4 Å². The predicted octanol–water partition coefficient (Wildman–Crippen LogP) is 5.08. The zero-order valence-electron chi connectivity index (χ0n) is 20.0. The zero-order valence-corrected chi connectivity index (χ0v) is 20.0. The summed E-state index contributed by atoms with van der Waals surface area (Å²) in [6, 6.07) is 25.5. The van der Waals surface area contributed by atoms with E-state index in [1.54, 1.807) is 0 Å². The van der Waals surface area contributed by atoms with Crippen LogP contribution in [0, 0.1) is 13.8 Å². The van der Waals surface area contributed by atoms with Gasteiger partial charge in [-0.1, -0.05) is 42.0 Å². The number of rotatable bonds is 6. The molecule has 4 aromatic rings. The van der Waals surface area contributed by atoms with Gasteiger partial charge < -0.3 is 15.2 Å². The summed E-state index contributed by atoms with van der Waals surface area (Å²) in [7, 11) is 0. The molecule has 0 amide bonds. The highest BCUT2D eigenvalue weighted by Gasteiger charge is 2.17. The van der Waals surface area contributed by atoms with E-state index in [9.17, 15) is 4.79 Å². The van der Waals surface area contributed by atoms with E-state index in [1.807, 2.05) is 13.0 Å². The Morgan fingerprint density at radius 2 is 1.62 bits per heavy atom. The first-order valence-electron chi connectivity index (χ1n) is 12.0. The van der Waals surface area contributed by atoms with E-state index in [0.717, 1.165) is 60.4 Å². The number of nitrogens with one attached hydrogen (secondary N) is 2. The Morgan fingerprint density at radius 3 is 2.35 bits per heavy atom. The quantitative estimate of drug-likeness (QED) is 0.428. The normalized spacial score (nSPS) is 14.5. The Labute approximate surface area is 201 Å². The molecule has 2 N–H and O–H groups in total. The number of H-pyrrole nitrogens is 1. The number of piperazine rings is 1. The Morgan fingerprint density at radius 1 is 0.882 bits per heavy atom. The van der Waals surface area contributed by atoms with E-state index in [0.29, 0.717) is 6.54 Å². The van der Waals surface area contributed by atoms with Crippen LogP contribution in [0.5, 0.6) is 0 Å². The molecular formula is C29H32N4O. The van der Waals surface area contributed by atoms with Crippen LogP contribution in [0.2, 0.25) is 0 Å². The highest BCUT2D eigenvalue weighted by molar-refractivity contribution is 5.82. The molecule has 0 unspecified atom stereocenters. The second kappa shape index (κ2) is 9.74. The van der Waals surface area contributed by atoms with E-state index < -0.39 is 0 Å². The van der Waals surface area contributed by atoms with E-state index in [-0.39, 0.29) is 5.56 Å². The molecule has 1 aromatic heterocycles. The lowest BCUT2D eigenvalue weighted by molar-refractivity contribution is 0.250. The second-order valence-corrected chi connectivity index (χ2v) is 9.32. The fourth-order valence-electron chi connectivity index (χ4n) is 4.86. The molecule has 0 atom stereocenters. The summed E-state index contributed by atoms with van der Waals surface area (Å²) < 4.78 is 0. The molecule has 0 aliphatic carbocycles. The van der Waals surface area contributed by atoms with Gasteiger partial charge >= 0.3 is 0 Å². The van der Waals surface area contributed by atoms with Crippen LogP contribution in [0.3, 0.4) is 0 Å². The maximum atomic E-state index is 12.6. The van der Waals surface area contributed by atoms with Crippen LogP contribution in [-0.4, -0.2) is 36.1 Å². The standard InChI is InChI=1S/C29H32N4O/c1-21-16-22(2)28-24(17-21)18-25(29(34)31-28)19-30-26-8-10-27(11-9-26)33-14-12-32(13-15-33)20-23-6-4-3-5-7-23/h3-11,16-18,30H,12-15,19-20H2,1-2H3,(H,31,34). The number of hydrogen-bond acceptors (Lipinski definition) is 4. The van der Waals surface area contributed by atoms with Crippen molar-refractivity contribution in [2.45, 2.75) is 26.9 Å². The minimum atomic E-state index is -0.0306. The summed E-state index contributed by atoms with van der Waals surface area (Å²) in [5, 5.41) is 4.49. The number of aromatic nitrogens is 1. The molecule has 0 bridgehead atoms. The molecule has 3 aromatic carbocycles. The van der Waals surface area contributed by atoms with Gasteiger partial charge in [0.15, 0.2) is 0 Å². The molecule has 5 heteroatoms. The zero-order chi connectivity index (χ0) is 23.5. The minimum Gasteiger partial charge on any atom is -0.381 e. The predicted molar refractivity (Wildman–Crippen MR) is 142 cm³/mol. The number of aryl methyl sites for hydroxylation is 2. The van der Waals surface area contributed by atoms with E-state index in [2.05, 4.69) is 93.8 Å². The van der Waals surface area contributed by atoms with E-state index in [4.69, 9.17) is 0 Å². The van der Waals surface area contributed by atoms with Crippen molar-refractivity contribution >= 4 is 22.3 Å². The number of hydrogen-bond donors (Lipinski definition) is 2.